The van der Waals surface area contributed by atoms with Gasteiger partial charge in [0, 0.05) is 6.42 Å². The van der Waals surface area contributed by atoms with Crippen molar-refractivity contribution in [3.8, 4) is 0 Å². The number of nitrogens with two attached hydrogens (primary N) is 1. The lowest BCUT2D eigenvalue weighted by Crippen LogP contribution is -2.48. The number of fused-ring (bicyclic) bond motifs is 1. The molecule has 0 saturated carbocycles. The van der Waals surface area contributed by atoms with E-state index in [1.807, 2.05) is 6.92 Å². The monoisotopic (exact) mass is 352 g/mol. The maximum atomic E-state index is 11.6. The second kappa shape index (κ2) is 6.88. The van der Waals surface area contributed by atoms with Gasteiger partial charge in [-0.1, -0.05) is 6.92 Å². The van der Waals surface area contributed by atoms with Gasteiger partial charge in [0.25, 0.3) is 0 Å². The first-order valence-corrected chi connectivity index (χ1v) is 7.86. The van der Waals surface area contributed by atoms with E-state index in [-0.39, 0.29) is 18.1 Å². The normalized spacial score (nSPS) is 27.5. The van der Waals surface area contributed by atoms with Crippen LogP contribution >= 0.6 is 0 Å². The van der Waals surface area contributed by atoms with Crippen LogP contribution in [-0.4, -0.2) is 65.3 Å². The Morgan fingerprint density at radius 1 is 1.40 bits per heavy atom. The highest BCUT2D eigenvalue weighted by molar-refractivity contribution is 5.81. The van der Waals surface area contributed by atoms with Crippen molar-refractivity contribution in [2.45, 2.75) is 50.5 Å². The van der Waals surface area contributed by atoms with E-state index in [9.17, 15) is 20.1 Å². The van der Waals surface area contributed by atoms with Gasteiger partial charge in [-0.05, 0) is 6.42 Å². The molecule has 3 heterocycles. The number of carbonyl (C=O) groups is 1. The van der Waals surface area contributed by atoms with E-state index >= 15 is 0 Å². The summed E-state index contributed by atoms with van der Waals surface area (Å²) < 4.78 is 6.97. The number of aromatic nitrogens is 4. The molecular weight excluding hydrogens is 332 g/mol. The molecule has 3 rings (SSSR count). The third-order valence-electron chi connectivity index (χ3n) is 4.03. The second-order valence-corrected chi connectivity index (χ2v) is 5.82. The van der Waals surface area contributed by atoms with Crippen LogP contribution in [0.5, 0.6) is 0 Å². The Bertz CT molecular complexity index is 767. The lowest BCUT2D eigenvalue weighted by Gasteiger charge is -2.21. The summed E-state index contributed by atoms with van der Waals surface area (Å²) in [6.45, 7) is 1.82. The van der Waals surface area contributed by atoms with E-state index in [4.69, 9.17) is 10.5 Å². The van der Waals surface area contributed by atoms with Crippen molar-refractivity contribution in [1.29, 1.82) is 0 Å². The zero-order valence-corrected chi connectivity index (χ0v) is 13.5. The number of hydrogen-bond donors (Lipinski definition) is 5. The molecule has 11 nitrogen and oxygen atoms in total. The standard InChI is InChI=1S/C14H20N6O5/c1-2-3-6(21)19-13(24)10-8(22)9(23)14(25-10)20-5-18-7-11(15)16-4-17-12(7)20/h4-5,8-10,13-14,22-24H,2-3H2,1H3,(H,19,21)(H2,15,16,17)/t8-,9+,10-,13?,14+/m0/s1. The van der Waals surface area contributed by atoms with Gasteiger partial charge in [-0.2, -0.15) is 0 Å². The molecule has 1 fully saturated rings. The zero-order valence-electron chi connectivity index (χ0n) is 13.5. The predicted octanol–water partition coefficient (Wildman–Crippen LogP) is -1.74. The van der Waals surface area contributed by atoms with Crippen molar-refractivity contribution in [2.75, 3.05) is 5.73 Å². The minimum Gasteiger partial charge on any atom is -0.387 e. The van der Waals surface area contributed by atoms with Crippen molar-refractivity contribution in [3.05, 3.63) is 12.7 Å². The van der Waals surface area contributed by atoms with Crippen LogP contribution in [0.4, 0.5) is 5.82 Å². The Morgan fingerprint density at radius 2 is 2.16 bits per heavy atom. The molecule has 11 heteroatoms. The Hall–Kier alpha value is -2.34. The zero-order chi connectivity index (χ0) is 18.1. The maximum Gasteiger partial charge on any atom is 0.222 e. The number of aliphatic hydroxyl groups is 3. The third-order valence-corrected chi connectivity index (χ3v) is 4.03. The van der Waals surface area contributed by atoms with Crippen molar-refractivity contribution in [1.82, 2.24) is 24.8 Å². The van der Waals surface area contributed by atoms with Crippen molar-refractivity contribution in [2.24, 2.45) is 0 Å². The number of aliphatic hydroxyl groups excluding tert-OH is 3. The van der Waals surface area contributed by atoms with Crippen LogP contribution in [0.3, 0.4) is 0 Å². The second-order valence-electron chi connectivity index (χ2n) is 5.82. The fourth-order valence-electron chi connectivity index (χ4n) is 2.78. The molecule has 0 aromatic carbocycles. The Kier molecular flexibility index (Phi) is 4.81. The lowest BCUT2D eigenvalue weighted by atomic mass is 10.1. The average molecular weight is 352 g/mol. The Morgan fingerprint density at radius 3 is 2.88 bits per heavy atom. The maximum absolute atomic E-state index is 11.6. The van der Waals surface area contributed by atoms with Gasteiger partial charge in [-0.25, -0.2) is 15.0 Å². The van der Waals surface area contributed by atoms with Crippen molar-refractivity contribution >= 4 is 22.9 Å². The number of carbonyl (C=O) groups excluding carboxylic acids is 1. The summed E-state index contributed by atoms with van der Waals surface area (Å²) in [5.41, 5.74) is 6.36. The largest absolute Gasteiger partial charge is 0.387 e. The molecule has 1 amide bonds. The van der Waals surface area contributed by atoms with Gasteiger partial charge in [0.1, 0.15) is 30.2 Å². The molecule has 2 aromatic rings. The molecule has 0 radical (unpaired) electrons. The number of hydrogen-bond acceptors (Lipinski definition) is 9. The minimum absolute atomic E-state index is 0.167. The van der Waals surface area contributed by atoms with Crippen molar-refractivity contribution < 1.29 is 24.9 Å². The SMILES string of the molecule is CCCC(=O)NC(O)[C@H]1O[C@@H](n2cnc3c(N)ncnc32)[C@H](O)[C@@H]1O. The highest BCUT2D eigenvalue weighted by atomic mass is 16.6. The number of nitrogen functional groups attached to an aromatic ring is 1. The number of imidazole rings is 1. The topological polar surface area (TPSA) is 169 Å². The first kappa shape index (κ1) is 17.5. The molecule has 1 aliphatic rings. The van der Waals surface area contributed by atoms with Crippen molar-refractivity contribution in [3.63, 3.8) is 0 Å². The van der Waals surface area contributed by atoms with Crippen LogP contribution in [0.2, 0.25) is 0 Å². The first-order chi connectivity index (χ1) is 11.9. The molecule has 1 unspecified atom stereocenters. The van der Waals surface area contributed by atoms with Gasteiger partial charge in [-0.3, -0.25) is 9.36 Å². The van der Waals surface area contributed by atoms with Gasteiger partial charge in [0.15, 0.2) is 23.9 Å². The van der Waals surface area contributed by atoms with E-state index in [0.717, 1.165) is 0 Å². The number of rotatable bonds is 5. The first-order valence-electron chi connectivity index (χ1n) is 7.86. The van der Waals surface area contributed by atoms with Crippen LogP contribution in [0.1, 0.15) is 26.0 Å². The summed E-state index contributed by atoms with van der Waals surface area (Å²) >= 11 is 0. The van der Waals surface area contributed by atoms with Gasteiger partial charge < -0.3 is 31.1 Å². The molecule has 0 aliphatic carbocycles. The smallest absolute Gasteiger partial charge is 0.222 e. The Labute approximate surface area is 142 Å². The van der Waals surface area contributed by atoms with Crippen LogP contribution in [0.25, 0.3) is 11.2 Å². The number of nitrogens with one attached hydrogen (secondary N) is 1. The highest BCUT2D eigenvalue weighted by Crippen LogP contribution is 2.32. The molecule has 6 N–H and O–H groups in total. The predicted molar refractivity (Wildman–Crippen MR) is 84.7 cm³/mol. The summed E-state index contributed by atoms with van der Waals surface area (Å²) in [5, 5.41) is 32.9. The molecule has 5 atom stereocenters. The van der Waals surface area contributed by atoms with E-state index in [1.165, 1.54) is 17.2 Å². The van der Waals surface area contributed by atoms with Crippen LogP contribution in [0.15, 0.2) is 12.7 Å². The van der Waals surface area contributed by atoms with E-state index in [2.05, 4.69) is 20.3 Å². The van der Waals surface area contributed by atoms with Crippen LogP contribution in [0, 0.1) is 0 Å². The number of amides is 1. The summed E-state index contributed by atoms with van der Waals surface area (Å²) in [7, 11) is 0. The average Bonchev–Trinajstić information content (AvgIpc) is 3.11. The fraction of sp³-hybridized carbons (Fsp3) is 0.571. The van der Waals surface area contributed by atoms with Gasteiger partial charge >= 0.3 is 0 Å². The van der Waals surface area contributed by atoms with Crippen LogP contribution < -0.4 is 11.1 Å². The number of ether oxygens (including phenoxy) is 1. The fourth-order valence-corrected chi connectivity index (χ4v) is 2.78. The third kappa shape index (κ3) is 3.14. The molecule has 1 saturated heterocycles. The van der Waals surface area contributed by atoms with Gasteiger partial charge in [0.05, 0.1) is 6.33 Å². The number of anilines is 1. The molecular formula is C14H20N6O5. The minimum atomic E-state index is -1.47. The number of nitrogens with zero attached hydrogens (tertiary/aromatic N) is 4. The Balaban J connectivity index is 1.82. The van der Waals surface area contributed by atoms with Crippen LogP contribution in [-0.2, 0) is 9.53 Å². The highest BCUT2D eigenvalue weighted by Gasteiger charge is 2.47. The van der Waals surface area contributed by atoms with E-state index in [1.54, 1.807) is 0 Å². The quantitative estimate of drug-likeness (QED) is 0.392. The van der Waals surface area contributed by atoms with E-state index < -0.39 is 30.8 Å². The lowest BCUT2D eigenvalue weighted by molar-refractivity contribution is -0.132. The molecule has 25 heavy (non-hydrogen) atoms. The van der Waals surface area contributed by atoms with Gasteiger partial charge in [0.2, 0.25) is 5.91 Å². The molecule has 1 aliphatic heterocycles. The summed E-state index contributed by atoms with van der Waals surface area (Å²) in [4.78, 5) is 23.6. The summed E-state index contributed by atoms with van der Waals surface area (Å²) in [6, 6.07) is 0. The summed E-state index contributed by atoms with van der Waals surface area (Å²) in [5.74, 6) is -0.211. The molecule has 2 aromatic heterocycles. The molecule has 0 bridgehead atoms. The van der Waals surface area contributed by atoms with Gasteiger partial charge in [-0.15, -0.1) is 0 Å². The van der Waals surface area contributed by atoms with E-state index in [0.29, 0.717) is 17.6 Å². The molecule has 136 valence electrons. The summed E-state index contributed by atoms with van der Waals surface area (Å²) in [6.07, 6.45) is -3.09. The molecule has 0 spiro atoms.